The van der Waals surface area contributed by atoms with Crippen LogP contribution in [0, 0.1) is 17.1 Å². The van der Waals surface area contributed by atoms with Crippen molar-refractivity contribution < 1.29 is 9.13 Å². The fourth-order valence-corrected chi connectivity index (χ4v) is 1.36. The van der Waals surface area contributed by atoms with Gasteiger partial charge in [-0.3, -0.25) is 0 Å². The minimum absolute atomic E-state index is 0.0464. The van der Waals surface area contributed by atoms with Gasteiger partial charge >= 0.3 is 0 Å². The first kappa shape index (κ1) is 11.0. The fraction of sp³-hybridized carbons (Fsp3) is 0. The molecule has 2 N–H and O–H groups in total. The van der Waals surface area contributed by atoms with Gasteiger partial charge < -0.3 is 10.5 Å². The minimum Gasteiger partial charge on any atom is -0.455 e. The van der Waals surface area contributed by atoms with E-state index in [9.17, 15) is 4.39 Å². The zero-order chi connectivity index (χ0) is 12.3. The summed E-state index contributed by atoms with van der Waals surface area (Å²) in [6.45, 7) is 0. The van der Waals surface area contributed by atoms with Crippen molar-refractivity contribution in [3.63, 3.8) is 0 Å². The monoisotopic (exact) mass is 228 g/mol. The highest BCUT2D eigenvalue weighted by molar-refractivity contribution is 5.55. The number of hydrogen-bond donors (Lipinski definition) is 1. The first-order valence-corrected chi connectivity index (χ1v) is 4.92. The van der Waals surface area contributed by atoms with Crippen molar-refractivity contribution in [1.82, 2.24) is 0 Å². The molecule has 0 aromatic heterocycles. The highest BCUT2D eigenvalue weighted by atomic mass is 19.1. The Kier molecular flexibility index (Phi) is 2.93. The number of ether oxygens (including phenoxy) is 1. The molecule has 2 rings (SSSR count). The second-order valence-corrected chi connectivity index (χ2v) is 3.39. The third-order valence-electron chi connectivity index (χ3n) is 2.20. The quantitative estimate of drug-likeness (QED) is 0.803. The Morgan fingerprint density at radius 2 is 1.94 bits per heavy atom. The van der Waals surface area contributed by atoms with Crippen LogP contribution in [0.4, 0.5) is 10.1 Å². The van der Waals surface area contributed by atoms with Gasteiger partial charge in [0.1, 0.15) is 17.3 Å². The molecule has 84 valence electrons. The van der Waals surface area contributed by atoms with Crippen LogP contribution in [-0.4, -0.2) is 0 Å². The number of anilines is 1. The number of rotatable bonds is 2. The van der Waals surface area contributed by atoms with Gasteiger partial charge in [0.05, 0.1) is 11.6 Å². The molecule has 0 heterocycles. The molecule has 0 spiro atoms. The number of para-hydroxylation sites is 1. The Morgan fingerprint density at radius 1 is 1.18 bits per heavy atom. The van der Waals surface area contributed by atoms with Crippen LogP contribution < -0.4 is 10.5 Å². The van der Waals surface area contributed by atoms with Gasteiger partial charge in [-0.15, -0.1) is 0 Å². The van der Waals surface area contributed by atoms with Crippen molar-refractivity contribution in [2.75, 3.05) is 5.73 Å². The summed E-state index contributed by atoms with van der Waals surface area (Å²) in [6.07, 6.45) is 0. The number of benzene rings is 2. The van der Waals surface area contributed by atoms with Gasteiger partial charge in [0.25, 0.3) is 0 Å². The molecule has 0 fully saturated rings. The van der Waals surface area contributed by atoms with Crippen molar-refractivity contribution in [2.24, 2.45) is 0 Å². The second kappa shape index (κ2) is 4.54. The maximum absolute atomic E-state index is 13.2. The largest absolute Gasteiger partial charge is 0.455 e. The number of nitriles is 1. The van der Waals surface area contributed by atoms with E-state index in [0.717, 1.165) is 0 Å². The van der Waals surface area contributed by atoms with Crippen LogP contribution in [-0.2, 0) is 0 Å². The summed E-state index contributed by atoms with van der Waals surface area (Å²) < 4.78 is 18.6. The molecule has 0 bridgehead atoms. The summed E-state index contributed by atoms with van der Waals surface area (Å²) in [5.74, 6) is 0.153. The number of halogens is 1. The average molecular weight is 228 g/mol. The molecule has 0 saturated heterocycles. The summed E-state index contributed by atoms with van der Waals surface area (Å²) in [5, 5.41) is 8.74. The van der Waals surface area contributed by atoms with Crippen LogP contribution in [0.2, 0.25) is 0 Å². The zero-order valence-corrected chi connectivity index (χ0v) is 8.85. The van der Waals surface area contributed by atoms with Gasteiger partial charge in [-0.25, -0.2) is 4.39 Å². The molecule has 0 aliphatic carbocycles. The van der Waals surface area contributed by atoms with Gasteiger partial charge in [-0.05, 0) is 30.3 Å². The van der Waals surface area contributed by atoms with E-state index < -0.39 is 5.82 Å². The SMILES string of the molecule is N#Cc1cccc(Oc2cccc(F)c2N)c1. The number of hydrogen-bond acceptors (Lipinski definition) is 3. The zero-order valence-electron chi connectivity index (χ0n) is 8.85. The maximum atomic E-state index is 13.2. The summed E-state index contributed by atoms with van der Waals surface area (Å²) in [7, 11) is 0. The Morgan fingerprint density at radius 3 is 2.71 bits per heavy atom. The normalized spacial score (nSPS) is 9.65. The molecule has 4 heteroatoms. The highest BCUT2D eigenvalue weighted by Gasteiger charge is 2.06. The third-order valence-corrected chi connectivity index (χ3v) is 2.20. The molecule has 0 atom stereocenters. The molecule has 0 aliphatic rings. The maximum Gasteiger partial charge on any atom is 0.153 e. The van der Waals surface area contributed by atoms with Crippen molar-refractivity contribution in [3.05, 3.63) is 53.8 Å². The topological polar surface area (TPSA) is 59.0 Å². The first-order valence-electron chi connectivity index (χ1n) is 4.92. The molecule has 2 aromatic rings. The molecule has 3 nitrogen and oxygen atoms in total. The van der Waals surface area contributed by atoms with Crippen LogP contribution >= 0.6 is 0 Å². The van der Waals surface area contributed by atoms with E-state index in [1.165, 1.54) is 12.1 Å². The second-order valence-electron chi connectivity index (χ2n) is 3.39. The van der Waals surface area contributed by atoms with E-state index in [0.29, 0.717) is 11.3 Å². The number of nitrogens with two attached hydrogens (primary N) is 1. The average Bonchev–Trinajstić information content (AvgIpc) is 2.35. The van der Waals surface area contributed by atoms with Crippen molar-refractivity contribution >= 4 is 5.69 Å². The van der Waals surface area contributed by atoms with E-state index in [4.69, 9.17) is 15.7 Å². The highest BCUT2D eigenvalue weighted by Crippen LogP contribution is 2.29. The Bertz CT molecular complexity index is 590. The Labute approximate surface area is 97.9 Å². The first-order chi connectivity index (χ1) is 8.20. The Balaban J connectivity index is 2.32. The van der Waals surface area contributed by atoms with E-state index in [1.807, 2.05) is 6.07 Å². The molecule has 0 unspecified atom stereocenters. The summed E-state index contributed by atoms with van der Waals surface area (Å²) in [6, 6.07) is 12.9. The predicted octanol–water partition coefficient (Wildman–Crippen LogP) is 3.07. The summed E-state index contributed by atoms with van der Waals surface area (Å²) >= 11 is 0. The van der Waals surface area contributed by atoms with Crippen molar-refractivity contribution in [3.8, 4) is 17.6 Å². The van der Waals surface area contributed by atoms with Gasteiger partial charge in [-0.1, -0.05) is 12.1 Å². The smallest absolute Gasteiger partial charge is 0.153 e. The lowest BCUT2D eigenvalue weighted by molar-refractivity contribution is 0.480. The standard InChI is InChI=1S/C13H9FN2O/c14-11-5-2-6-12(13(11)16)17-10-4-1-3-9(7-10)8-15/h1-7H,16H2. The molecule has 0 saturated carbocycles. The molecular formula is C13H9FN2O. The van der Waals surface area contributed by atoms with E-state index in [1.54, 1.807) is 30.3 Å². The van der Waals surface area contributed by atoms with Crippen LogP contribution in [0.3, 0.4) is 0 Å². The van der Waals surface area contributed by atoms with E-state index >= 15 is 0 Å². The summed E-state index contributed by atoms with van der Waals surface area (Å²) in [5.41, 5.74) is 5.96. The van der Waals surface area contributed by atoms with Crippen LogP contribution in [0.25, 0.3) is 0 Å². The summed E-state index contributed by atoms with van der Waals surface area (Å²) in [4.78, 5) is 0. The molecule has 17 heavy (non-hydrogen) atoms. The van der Waals surface area contributed by atoms with Crippen molar-refractivity contribution in [2.45, 2.75) is 0 Å². The van der Waals surface area contributed by atoms with Gasteiger partial charge in [0.2, 0.25) is 0 Å². The lowest BCUT2D eigenvalue weighted by Crippen LogP contribution is -1.95. The number of nitrogens with zero attached hydrogens (tertiary/aromatic N) is 1. The molecule has 0 aliphatic heterocycles. The lowest BCUT2D eigenvalue weighted by atomic mass is 10.2. The molecular weight excluding hydrogens is 219 g/mol. The molecule has 0 amide bonds. The van der Waals surface area contributed by atoms with Crippen LogP contribution in [0.15, 0.2) is 42.5 Å². The molecule has 2 aromatic carbocycles. The van der Waals surface area contributed by atoms with Crippen molar-refractivity contribution in [1.29, 1.82) is 5.26 Å². The lowest BCUT2D eigenvalue weighted by Gasteiger charge is -2.08. The van der Waals surface area contributed by atoms with Crippen LogP contribution in [0.1, 0.15) is 5.56 Å². The predicted molar refractivity (Wildman–Crippen MR) is 62.0 cm³/mol. The van der Waals surface area contributed by atoms with Gasteiger partial charge in [0, 0.05) is 0 Å². The third kappa shape index (κ3) is 2.34. The minimum atomic E-state index is -0.529. The fourth-order valence-electron chi connectivity index (χ4n) is 1.36. The Hall–Kier alpha value is -2.54. The van der Waals surface area contributed by atoms with Gasteiger partial charge in [0.15, 0.2) is 5.75 Å². The van der Waals surface area contributed by atoms with E-state index in [-0.39, 0.29) is 11.4 Å². The number of nitrogen functional groups attached to an aromatic ring is 1. The molecule has 0 radical (unpaired) electrons. The van der Waals surface area contributed by atoms with Gasteiger partial charge in [-0.2, -0.15) is 5.26 Å². The van der Waals surface area contributed by atoms with Crippen LogP contribution in [0.5, 0.6) is 11.5 Å². The van der Waals surface area contributed by atoms with E-state index in [2.05, 4.69) is 0 Å².